The molecule has 0 aliphatic carbocycles. The Bertz CT molecular complexity index is 584. The predicted octanol–water partition coefficient (Wildman–Crippen LogP) is 3.46. The number of benzene rings is 2. The van der Waals surface area contributed by atoms with Crippen LogP contribution in [0.4, 0.5) is 0 Å². The first kappa shape index (κ1) is 15.3. The lowest BCUT2D eigenvalue weighted by Crippen LogP contribution is -2.26. The molecule has 1 amide bonds. The van der Waals surface area contributed by atoms with Gasteiger partial charge in [0, 0.05) is 5.75 Å². The van der Waals surface area contributed by atoms with Crippen LogP contribution in [-0.4, -0.2) is 17.4 Å². The highest BCUT2D eigenvalue weighted by atomic mass is 32.2. The predicted molar refractivity (Wildman–Crippen MR) is 89.4 cm³/mol. The molecule has 0 radical (unpaired) electrons. The van der Waals surface area contributed by atoms with E-state index < -0.39 is 0 Å². The molecule has 0 aliphatic rings. The standard InChI is InChI=1S/C17H18N2OS/c1-14(21-13-16-10-6-3-7-11-16)17(20)19-18-12-15-8-4-2-5-9-15/h2-12,14H,13H2,1H3,(H,19,20)/b18-12-/t14-/m1/s1. The van der Waals surface area contributed by atoms with Crippen molar-refractivity contribution in [2.75, 3.05) is 0 Å². The molecule has 0 heterocycles. The molecule has 1 N–H and O–H groups in total. The fraction of sp³-hybridized carbons (Fsp3) is 0.176. The van der Waals surface area contributed by atoms with E-state index >= 15 is 0 Å². The molecule has 0 spiro atoms. The maximum Gasteiger partial charge on any atom is 0.252 e. The Labute approximate surface area is 129 Å². The summed E-state index contributed by atoms with van der Waals surface area (Å²) < 4.78 is 0. The SMILES string of the molecule is C[C@@H](SCc1ccccc1)C(=O)N/N=C\c1ccccc1. The normalized spacial score (nSPS) is 12.2. The second-order valence-electron chi connectivity index (χ2n) is 4.58. The summed E-state index contributed by atoms with van der Waals surface area (Å²) in [5.74, 6) is 0.737. The van der Waals surface area contributed by atoms with Gasteiger partial charge in [-0.2, -0.15) is 5.10 Å². The zero-order chi connectivity index (χ0) is 14.9. The van der Waals surface area contributed by atoms with Gasteiger partial charge < -0.3 is 0 Å². The van der Waals surface area contributed by atoms with Crippen molar-refractivity contribution >= 4 is 23.9 Å². The number of carbonyl (C=O) groups excluding carboxylic acids is 1. The molecule has 1 atom stereocenters. The zero-order valence-corrected chi connectivity index (χ0v) is 12.7. The molecule has 0 aromatic heterocycles. The molecule has 4 heteroatoms. The van der Waals surface area contributed by atoms with Crippen LogP contribution in [0, 0.1) is 0 Å². The summed E-state index contributed by atoms with van der Waals surface area (Å²) in [6, 6.07) is 19.8. The minimum absolute atomic E-state index is 0.0805. The molecule has 0 fully saturated rings. The topological polar surface area (TPSA) is 41.5 Å². The van der Waals surface area contributed by atoms with Gasteiger partial charge in [-0.15, -0.1) is 11.8 Å². The van der Waals surface area contributed by atoms with Crippen LogP contribution in [0.3, 0.4) is 0 Å². The summed E-state index contributed by atoms with van der Waals surface area (Å²) in [6.45, 7) is 1.89. The van der Waals surface area contributed by atoms with Crippen molar-refractivity contribution < 1.29 is 4.79 Å². The highest BCUT2D eigenvalue weighted by Crippen LogP contribution is 2.17. The molecule has 0 unspecified atom stereocenters. The molecule has 0 saturated carbocycles. The third kappa shape index (κ3) is 5.44. The van der Waals surface area contributed by atoms with Crippen molar-refractivity contribution in [3.63, 3.8) is 0 Å². The summed E-state index contributed by atoms with van der Waals surface area (Å²) in [6.07, 6.45) is 1.65. The van der Waals surface area contributed by atoms with Gasteiger partial charge in [0.15, 0.2) is 0 Å². The number of rotatable bonds is 6. The number of amides is 1. The van der Waals surface area contributed by atoms with Crippen LogP contribution >= 0.6 is 11.8 Å². The van der Waals surface area contributed by atoms with Crippen LogP contribution < -0.4 is 5.43 Å². The van der Waals surface area contributed by atoms with Gasteiger partial charge >= 0.3 is 0 Å². The largest absolute Gasteiger partial charge is 0.272 e. The Hall–Kier alpha value is -2.07. The number of hydrogen-bond acceptors (Lipinski definition) is 3. The van der Waals surface area contributed by atoms with E-state index in [1.165, 1.54) is 5.56 Å². The van der Waals surface area contributed by atoms with Gasteiger partial charge in [0.05, 0.1) is 11.5 Å². The molecule has 0 bridgehead atoms. The molecular formula is C17H18N2OS. The van der Waals surface area contributed by atoms with Crippen LogP contribution in [0.15, 0.2) is 65.8 Å². The van der Waals surface area contributed by atoms with E-state index in [2.05, 4.69) is 22.7 Å². The van der Waals surface area contributed by atoms with E-state index in [1.54, 1.807) is 18.0 Å². The average molecular weight is 298 g/mol. The van der Waals surface area contributed by atoms with E-state index in [1.807, 2.05) is 55.5 Å². The van der Waals surface area contributed by atoms with Crippen molar-refractivity contribution in [3.05, 3.63) is 71.8 Å². The fourth-order valence-electron chi connectivity index (χ4n) is 1.67. The lowest BCUT2D eigenvalue weighted by Gasteiger charge is -2.09. The number of nitrogens with zero attached hydrogens (tertiary/aromatic N) is 1. The number of nitrogens with one attached hydrogen (secondary N) is 1. The van der Waals surface area contributed by atoms with E-state index in [0.29, 0.717) is 0 Å². The molecule has 2 aromatic rings. The average Bonchev–Trinajstić information content (AvgIpc) is 2.54. The first-order chi connectivity index (χ1) is 10.3. The van der Waals surface area contributed by atoms with E-state index in [0.717, 1.165) is 11.3 Å². The minimum Gasteiger partial charge on any atom is -0.272 e. The summed E-state index contributed by atoms with van der Waals surface area (Å²) in [5.41, 5.74) is 4.75. The number of hydrazone groups is 1. The zero-order valence-electron chi connectivity index (χ0n) is 11.9. The van der Waals surface area contributed by atoms with Crippen LogP contribution in [0.1, 0.15) is 18.1 Å². The van der Waals surface area contributed by atoms with Gasteiger partial charge in [-0.1, -0.05) is 60.7 Å². The van der Waals surface area contributed by atoms with E-state index in [9.17, 15) is 4.79 Å². The highest BCUT2D eigenvalue weighted by Gasteiger charge is 2.12. The summed E-state index contributed by atoms with van der Waals surface area (Å²) in [4.78, 5) is 11.9. The van der Waals surface area contributed by atoms with Crippen LogP contribution in [-0.2, 0) is 10.5 Å². The van der Waals surface area contributed by atoms with E-state index in [4.69, 9.17) is 0 Å². The molecule has 3 nitrogen and oxygen atoms in total. The van der Waals surface area contributed by atoms with Gasteiger partial charge in [0.25, 0.3) is 5.91 Å². The third-order valence-corrected chi connectivity index (χ3v) is 4.11. The summed E-state index contributed by atoms with van der Waals surface area (Å²) in [7, 11) is 0. The Balaban J connectivity index is 1.76. The van der Waals surface area contributed by atoms with Crippen molar-refractivity contribution in [1.29, 1.82) is 0 Å². The van der Waals surface area contributed by atoms with Gasteiger partial charge in [-0.05, 0) is 18.1 Å². The molecule has 2 aromatic carbocycles. The quantitative estimate of drug-likeness (QED) is 0.655. The molecule has 0 saturated heterocycles. The first-order valence-electron chi connectivity index (χ1n) is 6.79. The van der Waals surface area contributed by atoms with Gasteiger partial charge in [-0.25, -0.2) is 5.43 Å². The number of carbonyl (C=O) groups is 1. The number of hydrogen-bond donors (Lipinski definition) is 1. The van der Waals surface area contributed by atoms with Crippen molar-refractivity contribution in [1.82, 2.24) is 5.43 Å². The lowest BCUT2D eigenvalue weighted by atomic mass is 10.2. The fourth-order valence-corrected chi connectivity index (χ4v) is 2.51. The molecule has 21 heavy (non-hydrogen) atoms. The second-order valence-corrected chi connectivity index (χ2v) is 5.91. The Morgan fingerprint density at radius 2 is 1.76 bits per heavy atom. The molecule has 0 aliphatic heterocycles. The molecule has 108 valence electrons. The summed E-state index contributed by atoms with van der Waals surface area (Å²) in [5, 5.41) is 3.84. The second kappa shape index (κ2) is 8.27. The Morgan fingerprint density at radius 1 is 1.14 bits per heavy atom. The Kier molecular flexibility index (Phi) is 6.03. The monoisotopic (exact) mass is 298 g/mol. The van der Waals surface area contributed by atoms with Gasteiger partial charge in [0.1, 0.15) is 0 Å². The highest BCUT2D eigenvalue weighted by molar-refractivity contribution is 7.99. The van der Waals surface area contributed by atoms with E-state index in [-0.39, 0.29) is 11.2 Å². The van der Waals surface area contributed by atoms with Crippen molar-refractivity contribution in [3.8, 4) is 0 Å². The maximum absolute atomic E-state index is 11.9. The summed E-state index contributed by atoms with van der Waals surface area (Å²) >= 11 is 1.60. The van der Waals surface area contributed by atoms with Crippen molar-refractivity contribution in [2.24, 2.45) is 5.10 Å². The van der Waals surface area contributed by atoms with Crippen LogP contribution in [0.5, 0.6) is 0 Å². The van der Waals surface area contributed by atoms with Crippen LogP contribution in [0.25, 0.3) is 0 Å². The Morgan fingerprint density at radius 3 is 2.43 bits per heavy atom. The third-order valence-electron chi connectivity index (χ3n) is 2.90. The minimum atomic E-state index is -0.141. The lowest BCUT2D eigenvalue weighted by molar-refractivity contribution is -0.120. The van der Waals surface area contributed by atoms with Gasteiger partial charge in [0.2, 0.25) is 0 Å². The smallest absolute Gasteiger partial charge is 0.252 e. The van der Waals surface area contributed by atoms with Crippen LogP contribution in [0.2, 0.25) is 0 Å². The first-order valence-corrected chi connectivity index (χ1v) is 7.84. The molecular weight excluding hydrogens is 280 g/mol. The maximum atomic E-state index is 11.9. The molecule has 2 rings (SSSR count). The van der Waals surface area contributed by atoms with Crippen molar-refractivity contribution in [2.45, 2.75) is 17.9 Å². The number of thioether (sulfide) groups is 1. The van der Waals surface area contributed by atoms with Gasteiger partial charge in [-0.3, -0.25) is 4.79 Å².